The molecule has 3 rings (SSSR count). The van der Waals surface area contributed by atoms with Gasteiger partial charge in [0.2, 0.25) is 0 Å². The van der Waals surface area contributed by atoms with Gasteiger partial charge in [-0.2, -0.15) is 0 Å². The molecule has 0 spiro atoms. The summed E-state index contributed by atoms with van der Waals surface area (Å²) >= 11 is 3.48. The first-order valence-corrected chi connectivity index (χ1v) is 9.48. The predicted molar refractivity (Wildman–Crippen MR) is 96.0 cm³/mol. The Morgan fingerprint density at radius 1 is 1.43 bits per heavy atom. The van der Waals surface area contributed by atoms with Gasteiger partial charge in [-0.05, 0) is 43.9 Å². The molecular weight excluding hydrogens is 356 g/mol. The molecule has 0 bridgehead atoms. The van der Waals surface area contributed by atoms with Crippen LogP contribution in [0.1, 0.15) is 26.2 Å². The van der Waals surface area contributed by atoms with Crippen molar-refractivity contribution in [3.8, 4) is 5.75 Å². The van der Waals surface area contributed by atoms with Gasteiger partial charge in [0.25, 0.3) is 0 Å². The molecule has 128 valence electrons. The Kier molecular flexibility index (Phi) is 6.34. The third-order valence-corrected chi connectivity index (χ3v) is 5.33. The van der Waals surface area contributed by atoms with Gasteiger partial charge in [0, 0.05) is 29.6 Å². The summed E-state index contributed by atoms with van der Waals surface area (Å²) in [7, 11) is 0. The third-order valence-electron chi connectivity index (χ3n) is 4.84. The van der Waals surface area contributed by atoms with Gasteiger partial charge in [0.1, 0.15) is 11.9 Å². The van der Waals surface area contributed by atoms with Crippen LogP contribution in [0.4, 0.5) is 0 Å². The van der Waals surface area contributed by atoms with Crippen LogP contribution in [0.2, 0.25) is 0 Å². The number of morpholine rings is 1. The summed E-state index contributed by atoms with van der Waals surface area (Å²) in [4.78, 5) is 0. The van der Waals surface area contributed by atoms with Crippen molar-refractivity contribution < 1.29 is 9.47 Å². The molecule has 1 saturated heterocycles. The maximum Gasteiger partial charge on any atom is 0.120 e. The number of halogens is 1. The second-order valence-electron chi connectivity index (χ2n) is 6.63. The lowest BCUT2D eigenvalue weighted by Gasteiger charge is -2.33. The molecule has 2 aliphatic rings. The lowest BCUT2D eigenvalue weighted by atomic mass is 9.94. The SMILES string of the molecule is CC(CNC1CCCC1C1COCCN1)Oc1cccc(Br)c1. The van der Waals surface area contributed by atoms with Gasteiger partial charge in [0.15, 0.2) is 0 Å². The normalized spacial score (nSPS) is 29.4. The maximum absolute atomic E-state index is 6.00. The highest BCUT2D eigenvalue weighted by atomic mass is 79.9. The molecule has 1 aliphatic carbocycles. The third kappa shape index (κ3) is 4.92. The Morgan fingerprint density at radius 2 is 2.35 bits per heavy atom. The van der Waals surface area contributed by atoms with Gasteiger partial charge >= 0.3 is 0 Å². The van der Waals surface area contributed by atoms with Gasteiger partial charge in [-0.3, -0.25) is 0 Å². The minimum atomic E-state index is 0.154. The zero-order valence-corrected chi connectivity index (χ0v) is 15.3. The van der Waals surface area contributed by atoms with Gasteiger partial charge in [-0.15, -0.1) is 0 Å². The van der Waals surface area contributed by atoms with E-state index < -0.39 is 0 Å². The number of hydrogen-bond acceptors (Lipinski definition) is 4. The second-order valence-corrected chi connectivity index (χ2v) is 7.55. The summed E-state index contributed by atoms with van der Waals surface area (Å²) < 4.78 is 12.7. The van der Waals surface area contributed by atoms with Gasteiger partial charge in [-0.25, -0.2) is 0 Å². The highest BCUT2D eigenvalue weighted by Crippen LogP contribution is 2.29. The van der Waals surface area contributed by atoms with Crippen LogP contribution in [0, 0.1) is 5.92 Å². The Morgan fingerprint density at radius 3 is 3.13 bits per heavy atom. The van der Waals surface area contributed by atoms with E-state index >= 15 is 0 Å². The molecule has 0 aromatic heterocycles. The molecule has 5 heteroatoms. The molecule has 0 radical (unpaired) electrons. The van der Waals surface area contributed by atoms with Crippen molar-refractivity contribution in [1.29, 1.82) is 0 Å². The summed E-state index contributed by atoms with van der Waals surface area (Å²) in [6, 6.07) is 9.10. The monoisotopic (exact) mass is 382 g/mol. The molecule has 23 heavy (non-hydrogen) atoms. The Labute approximate surface area is 147 Å². The van der Waals surface area contributed by atoms with Crippen LogP contribution in [-0.4, -0.2) is 44.5 Å². The number of ether oxygens (including phenoxy) is 2. The van der Waals surface area contributed by atoms with E-state index in [2.05, 4.69) is 33.5 Å². The fourth-order valence-corrected chi connectivity index (χ4v) is 4.09. The van der Waals surface area contributed by atoms with Crippen LogP contribution in [0.5, 0.6) is 5.75 Å². The first-order chi connectivity index (χ1) is 11.2. The van der Waals surface area contributed by atoms with Gasteiger partial charge in [-0.1, -0.05) is 28.4 Å². The van der Waals surface area contributed by atoms with E-state index in [-0.39, 0.29) is 6.10 Å². The first-order valence-electron chi connectivity index (χ1n) is 8.69. The minimum absolute atomic E-state index is 0.154. The van der Waals surface area contributed by atoms with E-state index in [1.807, 2.05) is 24.3 Å². The molecule has 4 nitrogen and oxygen atoms in total. The van der Waals surface area contributed by atoms with Crippen molar-refractivity contribution in [1.82, 2.24) is 10.6 Å². The molecule has 1 aliphatic heterocycles. The average Bonchev–Trinajstić information content (AvgIpc) is 3.02. The standard InChI is InChI=1S/C18H27BrN2O2/c1-13(23-15-5-2-4-14(19)10-15)11-21-17-7-3-6-16(17)18-12-22-9-8-20-18/h2,4-5,10,13,16-18,20-21H,3,6-9,11-12H2,1H3. The van der Waals surface area contributed by atoms with E-state index in [9.17, 15) is 0 Å². The van der Waals surface area contributed by atoms with Gasteiger partial charge in [0.05, 0.1) is 13.2 Å². The maximum atomic E-state index is 6.00. The van der Waals surface area contributed by atoms with Crippen LogP contribution < -0.4 is 15.4 Å². The van der Waals surface area contributed by atoms with Crippen molar-refractivity contribution in [2.24, 2.45) is 5.92 Å². The lowest BCUT2D eigenvalue weighted by molar-refractivity contribution is 0.0518. The summed E-state index contributed by atoms with van der Waals surface area (Å²) in [5, 5.41) is 7.35. The van der Waals surface area contributed by atoms with E-state index in [0.717, 1.165) is 36.5 Å². The second kappa shape index (κ2) is 8.47. The highest BCUT2D eigenvalue weighted by molar-refractivity contribution is 9.10. The van der Waals surface area contributed by atoms with Crippen molar-refractivity contribution in [2.75, 3.05) is 26.3 Å². The molecule has 4 unspecified atom stereocenters. The Bertz CT molecular complexity index is 494. The summed E-state index contributed by atoms with van der Waals surface area (Å²) in [6.45, 7) is 5.68. The van der Waals surface area contributed by atoms with E-state index in [4.69, 9.17) is 9.47 Å². The molecule has 1 aromatic rings. The fraction of sp³-hybridized carbons (Fsp3) is 0.667. The molecular formula is C18H27BrN2O2. The zero-order chi connectivity index (χ0) is 16.1. The van der Waals surface area contributed by atoms with E-state index in [1.54, 1.807) is 0 Å². The molecule has 2 fully saturated rings. The van der Waals surface area contributed by atoms with Crippen LogP contribution in [0.15, 0.2) is 28.7 Å². The molecule has 1 aromatic carbocycles. The summed E-state index contributed by atoms with van der Waals surface area (Å²) in [6.07, 6.45) is 4.01. The van der Waals surface area contributed by atoms with Crippen LogP contribution in [0.25, 0.3) is 0 Å². The topological polar surface area (TPSA) is 42.5 Å². The summed E-state index contributed by atoms with van der Waals surface area (Å²) in [5.74, 6) is 1.59. The summed E-state index contributed by atoms with van der Waals surface area (Å²) in [5.41, 5.74) is 0. The highest BCUT2D eigenvalue weighted by Gasteiger charge is 2.34. The molecule has 2 N–H and O–H groups in total. The number of benzene rings is 1. The molecule has 0 amide bonds. The quantitative estimate of drug-likeness (QED) is 0.793. The lowest BCUT2D eigenvalue weighted by Crippen LogP contribution is -2.51. The van der Waals surface area contributed by atoms with Crippen LogP contribution in [-0.2, 0) is 4.74 Å². The minimum Gasteiger partial charge on any atom is -0.489 e. The van der Waals surface area contributed by atoms with Crippen molar-refractivity contribution in [3.63, 3.8) is 0 Å². The number of hydrogen-bond donors (Lipinski definition) is 2. The van der Waals surface area contributed by atoms with E-state index in [0.29, 0.717) is 18.0 Å². The van der Waals surface area contributed by atoms with Crippen LogP contribution >= 0.6 is 15.9 Å². The first kappa shape index (κ1) is 17.2. The fourth-order valence-electron chi connectivity index (χ4n) is 3.72. The average molecular weight is 383 g/mol. The smallest absolute Gasteiger partial charge is 0.120 e. The predicted octanol–water partition coefficient (Wildman–Crippen LogP) is 2.96. The largest absolute Gasteiger partial charge is 0.489 e. The van der Waals surface area contributed by atoms with E-state index in [1.165, 1.54) is 19.3 Å². The number of nitrogens with one attached hydrogen (secondary N) is 2. The molecule has 4 atom stereocenters. The van der Waals surface area contributed by atoms with Crippen molar-refractivity contribution in [3.05, 3.63) is 28.7 Å². The zero-order valence-electron chi connectivity index (χ0n) is 13.8. The Hall–Kier alpha value is -0.620. The van der Waals surface area contributed by atoms with Crippen molar-refractivity contribution >= 4 is 15.9 Å². The Balaban J connectivity index is 1.46. The van der Waals surface area contributed by atoms with Crippen molar-refractivity contribution in [2.45, 2.75) is 44.4 Å². The molecule has 1 saturated carbocycles. The molecule has 1 heterocycles. The van der Waals surface area contributed by atoms with Gasteiger partial charge < -0.3 is 20.1 Å². The van der Waals surface area contributed by atoms with Crippen LogP contribution in [0.3, 0.4) is 0 Å². The number of rotatable bonds is 6.